The zero-order chi connectivity index (χ0) is 25.9. The highest BCUT2D eigenvalue weighted by Crippen LogP contribution is 2.69. The van der Waals surface area contributed by atoms with Crippen molar-refractivity contribution in [3.8, 4) is 0 Å². The van der Waals surface area contributed by atoms with E-state index in [2.05, 4.69) is 13.0 Å². The summed E-state index contributed by atoms with van der Waals surface area (Å²) in [5, 5.41) is 33.7. The van der Waals surface area contributed by atoms with E-state index in [-0.39, 0.29) is 36.1 Å². The van der Waals surface area contributed by atoms with E-state index in [1.54, 1.807) is 6.92 Å². The predicted octanol–water partition coefficient (Wildman–Crippen LogP) is 3.53. The normalized spacial score (nSPS) is 45.6. The highest BCUT2D eigenvalue weighted by molar-refractivity contribution is 5.70. The molecule has 198 valence electrons. The largest absolute Gasteiger partial charge is 0.458 e. The third kappa shape index (κ3) is 4.06. The van der Waals surface area contributed by atoms with Gasteiger partial charge < -0.3 is 24.8 Å². The molecule has 0 radical (unpaired) electrons. The van der Waals surface area contributed by atoms with Crippen molar-refractivity contribution >= 4 is 11.9 Å². The van der Waals surface area contributed by atoms with Crippen molar-refractivity contribution < 1.29 is 34.4 Å². The fraction of sp³-hybridized carbons (Fsp3) is 0.857. The third-order valence-electron chi connectivity index (χ3n) is 10.1. The molecular weight excluding hydrogens is 448 g/mol. The van der Waals surface area contributed by atoms with Crippen molar-refractivity contribution in [2.75, 3.05) is 0 Å². The molecule has 7 nitrogen and oxygen atoms in total. The Bertz CT molecular complexity index is 881. The predicted molar refractivity (Wildman–Crippen MR) is 130 cm³/mol. The van der Waals surface area contributed by atoms with Crippen molar-refractivity contribution in [3.05, 3.63) is 11.6 Å². The molecule has 3 N–H and O–H groups in total. The number of ether oxygens (including phenoxy) is 2. The van der Waals surface area contributed by atoms with Crippen LogP contribution in [0.5, 0.6) is 0 Å². The van der Waals surface area contributed by atoms with Gasteiger partial charge in [0.25, 0.3) is 0 Å². The number of hydrogen-bond donors (Lipinski definition) is 3. The van der Waals surface area contributed by atoms with Crippen LogP contribution in [-0.2, 0) is 19.1 Å². The van der Waals surface area contributed by atoms with Gasteiger partial charge in [0.05, 0.1) is 17.8 Å². The summed E-state index contributed by atoms with van der Waals surface area (Å²) in [6.07, 6.45) is 3.25. The molecule has 0 heterocycles. The Hall–Kier alpha value is -1.44. The molecule has 7 heteroatoms. The molecule has 4 aliphatic carbocycles. The lowest BCUT2D eigenvalue weighted by atomic mass is 9.43. The molecule has 0 unspecified atom stereocenters. The minimum Gasteiger partial charge on any atom is -0.458 e. The highest BCUT2D eigenvalue weighted by Gasteiger charge is 2.75. The van der Waals surface area contributed by atoms with E-state index in [4.69, 9.17) is 9.47 Å². The molecule has 4 rings (SSSR count). The van der Waals surface area contributed by atoms with Gasteiger partial charge in [0.1, 0.15) is 12.2 Å². The van der Waals surface area contributed by atoms with Crippen LogP contribution in [0.2, 0.25) is 0 Å². The molecule has 0 aromatic carbocycles. The van der Waals surface area contributed by atoms with Gasteiger partial charge in [-0.05, 0) is 68.6 Å². The van der Waals surface area contributed by atoms with E-state index >= 15 is 0 Å². The van der Waals surface area contributed by atoms with Crippen LogP contribution in [0.15, 0.2) is 11.6 Å². The lowest BCUT2D eigenvalue weighted by molar-refractivity contribution is -0.280. The van der Waals surface area contributed by atoms with Gasteiger partial charge in [0.15, 0.2) is 0 Å². The Morgan fingerprint density at radius 2 is 1.83 bits per heavy atom. The maximum absolute atomic E-state index is 13.1. The molecule has 0 saturated heterocycles. The standard InChI is InChI=1S/C28H44O7/c1-15(2)13-22(32)35-25-24(34-17(4)30)23-21(8-7-18-14-19(31)9-11-26(18,23)5)28(33)12-10-20(16(3)29)27(25,28)6/h7,15-16,19-21,23-25,29,31,33H,8-14H2,1-6H3/t16-,19+,20-,21-,23+,24+,25-,26+,27+,28+/m1/s1. The fourth-order valence-corrected chi connectivity index (χ4v) is 8.48. The SMILES string of the molecule is CC(=O)O[C@H]1[C@@H]2[C@@H](CC=C3C[C@@H](O)CC[C@@]32C)[C@@]2(O)CC[C@H]([C@@H](C)O)[C@@]2(C)[C@@H]1OC(=O)CC(C)C. The second-order valence-corrected chi connectivity index (χ2v) is 12.6. The lowest BCUT2D eigenvalue weighted by Gasteiger charge is -2.65. The first-order valence-corrected chi connectivity index (χ1v) is 13.4. The number of fused-ring (bicyclic) bond motifs is 5. The van der Waals surface area contributed by atoms with Crippen LogP contribution < -0.4 is 0 Å². The Labute approximate surface area is 209 Å². The van der Waals surface area contributed by atoms with Gasteiger partial charge in [-0.3, -0.25) is 9.59 Å². The van der Waals surface area contributed by atoms with Gasteiger partial charge in [-0.2, -0.15) is 0 Å². The van der Waals surface area contributed by atoms with Crippen LogP contribution in [-0.4, -0.2) is 57.3 Å². The third-order valence-corrected chi connectivity index (χ3v) is 10.1. The van der Waals surface area contributed by atoms with Gasteiger partial charge in [-0.25, -0.2) is 0 Å². The molecule has 0 spiro atoms. The average molecular weight is 493 g/mol. The summed E-state index contributed by atoms with van der Waals surface area (Å²) in [5.74, 6) is -1.53. The van der Waals surface area contributed by atoms with E-state index in [1.165, 1.54) is 6.92 Å². The fourth-order valence-electron chi connectivity index (χ4n) is 8.48. The van der Waals surface area contributed by atoms with E-state index in [0.29, 0.717) is 38.5 Å². The van der Waals surface area contributed by atoms with Gasteiger partial charge in [-0.1, -0.05) is 39.3 Å². The minimum atomic E-state index is -1.19. The zero-order valence-corrected chi connectivity index (χ0v) is 22.1. The smallest absolute Gasteiger partial charge is 0.306 e. The quantitative estimate of drug-likeness (QED) is 0.397. The van der Waals surface area contributed by atoms with Crippen molar-refractivity contribution in [1.82, 2.24) is 0 Å². The van der Waals surface area contributed by atoms with Gasteiger partial charge in [0.2, 0.25) is 0 Å². The van der Waals surface area contributed by atoms with Gasteiger partial charge in [-0.15, -0.1) is 0 Å². The summed E-state index contributed by atoms with van der Waals surface area (Å²) in [5.41, 5.74) is -1.44. The minimum absolute atomic E-state index is 0.0930. The summed E-state index contributed by atoms with van der Waals surface area (Å²) in [6.45, 7) is 11.1. The first-order chi connectivity index (χ1) is 16.3. The molecule has 3 fully saturated rings. The monoisotopic (exact) mass is 492 g/mol. The van der Waals surface area contributed by atoms with Crippen molar-refractivity contribution in [3.63, 3.8) is 0 Å². The van der Waals surface area contributed by atoms with Crippen LogP contribution in [0.4, 0.5) is 0 Å². The number of esters is 2. The van der Waals surface area contributed by atoms with Crippen LogP contribution in [0.1, 0.15) is 86.5 Å². The number of rotatable bonds is 5. The molecular formula is C28H44O7. The van der Waals surface area contributed by atoms with Gasteiger partial charge in [0, 0.05) is 24.7 Å². The number of carbonyl (C=O) groups is 2. The average Bonchev–Trinajstić information content (AvgIpc) is 3.02. The molecule has 0 aromatic rings. The zero-order valence-electron chi connectivity index (χ0n) is 22.1. The molecule has 10 atom stereocenters. The lowest BCUT2D eigenvalue weighted by Crippen LogP contribution is -2.72. The number of allylic oxidation sites excluding steroid dienone is 1. The second-order valence-electron chi connectivity index (χ2n) is 12.6. The second kappa shape index (κ2) is 9.14. The number of aliphatic hydroxyl groups is 3. The summed E-state index contributed by atoms with van der Waals surface area (Å²) in [7, 11) is 0. The van der Waals surface area contributed by atoms with Crippen molar-refractivity contribution in [2.24, 2.45) is 34.5 Å². The summed E-state index contributed by atoms with van der Waals surface area (Å²) < 4.78 is 12.3. The Morgan fingerprint density at radius 1 is 1.14 bits per heavy atom. The number of carbonyl (C=O) groups excluding carboxylic acids is 2. The Morgan fingerprint density at radius 3 is 2.43 bits per heavy atom. The van der Waals surface area contributed by atoms with E-state index in [0.717, 1.165) is 5.57 Å². The summed E-state index contributed by atoms with van der Waals surface area (Å²) >= 11 is 0. The Kier molecular flexibility index (Phi) is 6.95. The van der Waals surface area contributed by atoms with Crippen LogP contribution in [0.3, 0.4) is 0 Å². The Balaban J connectivity index is 1.89. The molecule has 35 heavy (non-hydrogen) atoms. The summed E-state index contributed by atoms with van der Waals surface area (Å²) in [6, 6.07) is 0. The van der Waals surface area contributed by atoms with E-state index in [1.807, 2.05) is 20.8 Å². The maximum atomic E-state index is 13.1. The van der Waals surface area contributed by atoms with Crippen LogP contribution in [0, 0.1) is 34.5 Å². The van der Waals surface area contributed by atoms with Gasteiger partial charge >= 0.3 is 11.9 Å². The molecule has 4 aliphatic rings. The van der Waals surface area contributed by atoms with Crippen LogP contribution in [0.25, 0.3) is 0 Å². The highest BCUT2D eigenvalue weighted by atomic mass is 16.6. The summed E-state index contributed by atoms with van der Waals surface area (Å²) in [4.78, 5) is 25.6. The van der Waals surface area contributed by atoms with E-state index < -0.39 is 46.8 Å². The van der Waals surface area contributed by atoms with Crippen molar-refractivity contribution in [1.29, 1.82) is 0 Å². The number of aliphatic hydroxyl groups excluding tert-OH is 2. The molecule has 0 bridgehead atoms. The van der Waals surface area contributed by atoms with Crippen LogP contribution >= 0.6 is 0 Å². The topological polar surface area (TPSA) is 113 Å². The van der Waals surface area contributed by atoms with E-state index in [9.17, 15) is 24.9 Å². The first-order valence-electron chi connectivity index (χ1n) is 13.4. The maximum Gasteiger partial charge on any atom is 0.306 e. The molecule has 0 amide bonds. The number of hydrogen-bond acceptors (Lipinski definition) is 7. The molecule has 0 aliphatic heterocycles. The molecule has 0 aromatic heterocycles. The molecule has 3 saturated carbocycles. The first kappa shape index (κ1) is 26.6. The van der Waals surface area contributed by atoms with Crippen molar-refractivity contribution in [2.45, 2.75) is 117 Å².